The second-order valence-corrected chi connectivity index (χ2v) is 3.33. The summed E-state index contributed by atoms with van der Waals surface area (Å²) in [5.74, 6) is 0.655. The Balaban J connectivity index is 2.25. The van der Waals surface area contributed by atoms with Crippen molar-refractivity contribution in [3.05, 3.63) is 29.8 Å². The van der Waals surface area contributed by atoms with Crippen LogP contribution in [0.4, 0.5) is 0 Å². The summed E-state index contributed by atoms with van der Waals surface area (Å²) >= 11 is 5.57. The summed E-state index contributed by atoms with van der Waals surface area (Å²) in [5.41, 5.74) is 2.90. The normalized spacial score (nSPS) is 11.5. The van der Waals surface area contributed by atoms with E-state index in [0.29, 0.717) is 5.88 Å². The number of nitrogens with zero attached hydrogens (tertiary/aromatic N) is 2. The van der Waals surface area contributed by atoms with Gasteiger partial charge in [0.1, 0.15) is 11.0 Å². The minimum Gasteiger partial charge on any atom is -0.197 e. The quantitative estimate of drug-likeness (QED) is 0.787. The minimum absolute atomic E-state index is 0.655. The van der Waals surface area contributed by atoms with Gasteiger partial charge in [0.05, 0.1) is 0 Å². The molecule has 0 radical (unpaired) electrons. The van der Waals surface area contributed by atoms with Gasteiger partial charge < -0.3 is 0 Å². The number of nitrogens with one attached hydrogen (secondary N) is 1. The van der Waals surface area contributed by atoms with Crippen LogP contribution in [0.25, 0.3) is 17.1 Å². The zero-order valence-corrected chi connectivity index (χ0v) is 8.33. The lowest BCUT2D eigenvalue weighted by atomic mass is 10.2. The third-order valence-corrected chi connectivity index (χ3v) is 2.14. The van der Waals surface area contributed by atoms with Crippen molar-refractivity contribution in [3.8, 4) is 0 Å². The van der Waals surface area contributed by atoms with Crippen molar-refractivity contribution in [2.45, 2.75) is 6.42 Å². The summed E-state index contributed by atoms with van der Waals surface area (Å²) in [6, 6.07) is 5.94. The van der Waals surface area contributed by atoms with Crippen LogP contribution < -0.4 is 0 Å². The number of hydrogen-bond donors (Lipinski definition) is 1. The average molecular weight is 208 g/mol. The van der Waals surface area contributed by atoms with Crippen LogP contribution in [0.5, 0.6) is 0 Å². The van der Waals surface area contributed by atoms with Gasteiger partial charge in [0.25, 0.3) is 0 Å². The standard InChI is InChI=1S/C10H10ClN3/c11-6-2-1-3-8-4-5-9-10(7-8)13-14-12-9/h1,3-5,7H,2,6H2,(H,12,13,14). The third kappa shape index (κ3) is 1.93. The van der Waals surface area contributed by atoms with Crippen LogP contribution in [0.3, 0.4) is 0 Å². The summed E-state index contributed by atoms with van der Waals surface area (Å²) in [7, 11) is 0. The van der Waals surface area contributed by atoms with Crippen LogP contribution >= 0.6 is 11.6 Å². The molecule has 0 spiro atoms. The Kier molecular flexibility index (Phi) is 2.79. The first-order chi connectivity index (χ1) is 6.90. The van der Waals surface area contributed by atoms with Crippen LogP contribution in [0, 0.1) is 0 Å². The first-order valence-corrected chi connectivity index (χ1v) is 4.96. The number of aromatic amines is 1. The molecule has 0 unspecified atom stereocenters. The molecular formula is C10H10ClN3. The highest BCUT2D eigenvalue weighted by Gasteiger charge is 1.96. The van der Waals surface area contributed by atoms with Crippen molar-refractivity contribution in [2.24, 2.45) is 0 Å². The lowest BCUT2D eigenvalue weighted by Crippen LogP contribution is -1.74. The maximum absolute atomic E-state index is 5.57. The first kappa shape index (κ1) is 9.21. The van der Waals surface area contributed by atoms with Crippen LogP contribution in [0.2, 0.25) is 0 Å². The lowest BCUT2D eigenvalue weighted by molar-refractivity contribution is 0.959. The predicted molar refractivity (Wildman–Crippen MR) is 58.3 cm³/mol. The van der Waals surface area contributed by atoms with Gasteiger partial charge in [-0.1, -0.05) is 18.2 Å². The van der Waals surface area contributed by atoms with Crippen molar-refractivity contribution in [1.82, 2.24) is 15.4 Å². The molecule has 2 rings (SSSR count). The zero-order valence-electron chi connectivity index (χ0n) is 7.57. The van der Waals surface area contributed by atoms with Gasteiger partial charge in [-0.3, -0.25) is 0 Å². The van der Waals surface area contributed by atoms with Crippen molar-refractivity contribution >= 4 is 28.7 Å². The van der Waals surface area contributed by atoms with Crippen molar-refractivity contribution < 1.29 is 0 Å². The highest BCUT2D eigenvalue weighted by atomic mass is 35.5. The Hall–Kier alpha value is -1.35. The number of alkyl halides is 1. The molecule has 0 saturated heterocycles. The molecule has 0 saturated carbocycles. The fourth-order valence-corrected chi connectivity index (χ4v) is 1.37. The van der Waals surface area contributed by atoms with Crippen molar-refractivity contribution in [3.63, 3.8) is 0 Å². The van der Waals surface area contributed by atoms with Gasteiger partial charge >= 0.3 is 0 Å². The smallest absolute Gasteiger partial charge is 0.113 e. The van der Waals surface area contributed by atoms with E-state index in [-0.39, 0.29) is 0 Å². The number of H-pyrrole nitrogens is 1. The zero-order chi connectivity index (χ0) is 9.80. The van der Waals surface area contributed by atoms with Gasteiger partial charge in [-0.15, -0.1) is 11.6 Å². The fraction of sp³-hybridized carbons (Fsp3) is 0.200. The van der Waals surface area contributed by atoms with E-state index in [1.165, 1.54) is 0 Å². The molecule has 0 bridgehead atoms. The number of allylic oxidation sites excluding steroid dienone is 1. The summed E-state index contributed by atoms with van der Waals surface area (Å²) < 4.78 is 0. The molecule has 0 amide bonds. The fourth-order valence-electron chi connectivity index (χ4n) is 1.24. The molecule has 0 aliphatic heterocycles. The molecule has 14 heavy (non-hydrogen) atoms. The molecule has 1 N–H and O–H groups in total. The Morgan fingerprint density at radius 3 is 3.00 bits per heavy atom. The second kappa shape index (κ2) is 4.24. The summed E-state index contributed by atoms with van der Waals surface area (Å²) in [6.45, 7) is 0. The molecule has 72 valence electrons. The Morgan fingerprint density at radius 2 is 2.14 bits per heavy atom. The van der Waals surface area contributed by atoms with Gasteiger partial charge in [-0.05, 0) is 24.1 Å². The van der Waals surface area contributed by atoms with E-state index < -0.39 is 0 Å². The van der Waals surface area contributed by atoms with E-state index in [0.717, 1.165) is 23.0 Å². The highest BCUT2D eigenvalue weighted by Crippen LogP contribution is 2.11. The second-order valence-electron chi connectivity index (χ2n) is 2.95. The van der Waals surface area contributed by atoms with Gasteiger partial charge in [-0.25, -0.2) is 0 Å². The molecule has 2 aromatic rings. The minimum atomic E-state index is 0.655. The van der Waals surface area contributed by atoms with Crippen LogP contribution in [0.15, 0.2) is 24.3 Å². The predicted octanol–water partition coefficient (Wildman–Crippen LogP) is 2.60. The molecule has 1 heterocycles. The monoisotopic (exact) mass is 207 g/mol. The van der Waals surface area contributed by atoms with E-state index in [1.807, 2.05) is 30.4 Å². The summed E-state index contributed by atoms with van der Waals surface area (Å²) in [5, 5.41) is 10.6. The molecule has 0 aliphatic rings. The molecular weight excluding hydrogens is 198 g/mol. The van der Waals surface area contributed by atoms with E-state index in [2.05, 4.69) is 15.4 Å². The number of fused-ring (bicyclic) bond motifs is 1. The largest absolute Gasteiger partial charge is 0.197 e. The third-order valence-electron chi connectivity index (χ3n) is 1.93. The Labute approximate surface area is 86.8 Å². The Morgan fingerprint density at radius 1 is 1.29 bits per heavy atom. The van der Waals surface area contributed by atoms with Gasteiger partial charge in [0, 0.05) is 5.88 Å². The highest BCUT2D eigenvalue weighted by molar-refractivity contribution is 6.17. The molecule has 1 aromatic heterocycles. The van der Waals surface area contributed by atoms with Crippen LogP contribution in [0.1, 0.15) is 12.0 Å². The number of benzene rings is 1. The van der Waals surface area contributed by atoms with Crippen LogP contribution in [-0.2, 0) is 0 Å². The molecule has 3 nitrogen and oxygen atoms in total. The molecule has 4 heteroatoms. The molecule has 0 fully saturated rings. The summed E-state index contributed by atoms with van der Waals surface area (Å²) in [6.07, 6.45) is 4.98. The van der Waals surface area contributed by atoms with Gasteiger partial charge in [0.2, 0.25) is 0 Å². The van der Waals surface area contributed by atoms with E-state index in [9.17, 15) is 0 Å². The Bertz CT molecular complexity index is 447. The number of hydrogen-bond acceptors (Lipinski definition) is 2. The molecule has 0 aliphatic carbocycles. The summed E-state index contributed by atoms with van der Waals surface area (Å²) in [4.78, 5) is 0. The maximum atomic E-state index is 5.57. The van der Waals surface area contributed by atoms with Crippen molar-refractivity contribution in [1.29, 1.82) is 0 Å². The lowest BCUT2D eigenvalue weighted by Gasteiger charge is -1.91. The topological polar surface area (TPSA) is 41.6 Å². The van der Waals surface area contributed by atoms with E-state index in [4.69, 9.17) is 11.6 Å². The number of halogens is 1. The average Bonchev–Trinajstić information content (AvgIpc) is 2.65. The van der Waals surface area contributed by atoms with Gasteiger partial charge in [0.15, 0.2) is 0 Å². The molecule has 1 aromatic carbocycles. The maximum Gasteiger partial charge on any atom is 0.113 e. The SMILES string of the molecule is ClCCC=Cc1ccc2n[nH]nc2c1. The van der Waals surface area contributed by atoms with Crippen LogP contribution in [-0.4, -0.2) is 21.3 Å². The number of rotatable bonds is 3. The first-order valence-electron chi connectivity index (χ1n) is 4.43. The van der Waals surface area contributed by atoms with E-state index in [1.54, 1.807) is 0 Å². The molecule has 0 atom stereocenters. The van der Waals surface area contributed by atoms with Gasteiger partial charge in [-0.2, -0.15) is 15.4 Å². The van der Waals surface area contributed by atoms with E-state index >= 15 is 0 Å². The van der Waals surface area contributed by atoms with Crippen molar-refractivity contribution in [2.75, 3.05) is 5.88 Å². The number of aromatic nitrogens is 3.